The highest BCUT2D eigenvalue weighted by atomic mass is 35.5. The minimum absolute atomic E-state index is 0.0533. The molecule has 0 amide bonds. The van der Waals surface area contributed by atoms with Crippen molar-refractivity contribution in [1.29, 1.82) is 0 Å². The number of aromatic nitrogens is 4. The Balaban J connectivity index is 2.47. The zero-order chi connectivity index (χ0) is 10.8. The van der Waals surface area contributed by atoms with Crippen LogP contribution in [0.15, 0.2) is 24.7 Å². The summed E-state index contributed by atoms with van der Waals surface area (Å²) >= 11 is 6.02. The summed E-state index contributed by atoms with van der Waals surface area (Å²) in [6.45, 7) is 3.87. The molecule has 0 aliphatic rings. The van der Waals surface area contributed by atoms with Gasteiger partial charge in [0.2, 0.25) is 0 Å². The fraction of sp³-hybridized carbons (Fsp3) is 0.300. The maximum atomic E-state index is 6.02. The highest BCUT2D eigenvalue weighted by molar-refractivity contribution is 6.20. The maximum Gasteiger partial charge on any atom is 0.250 e. The van der Waals surface area contributed by atoms with Crippen molar-refractivity contribution in [2.24, 2.45) is 0 Å². The number of nitrogens with zero attached hydrogens (tertiary/aromatic N) is 4. The van der Waals surface area contributed by atoms with Gasteiger partial charge in [0.15, 0.2) is 0 Å². The lowest BCUT2D eigenvalue weighted by Gasteiger charge is -2.03. The second-order valence-corrected chi connectivity index (χ2v) is 3.92. The first-order valence-corrected chi connectivity index (χ1v) is 5.10. The molecule has 2 heterocycles. The molecule has 78 valence electrons. The van der Waals surface area contributed by atoms with Crippen molar-refractivity contribution >= 4 is 11.6 Å². The topological polar surface area (TPSA) is 43.6 Å². The van der Waals surface area contributed by atoms with E-state index in [9.17, 15) is 0 Å². The fourth-order valence-electron chi connectivity index (χ4n) is 1.42. The number of halogens is 1. The van der Waals surface area contributed by atoms with Gasteiger partial charge >= 0.3 is 0 Å². The quantitative estimate of drug-likeness (QED) is 0.733. The molecule has 0 N–H and O–H groups in total. The number of hydrogen-bond acceptors (Lipinski definition) is 3. The molecule has 0 saturated carbocycles. The van der Waals surface area contributed by atoms with Crippen molar-refractivity contribution in [2.45, 2.75) is 19.2 Å². The van der Waals surface area contributed by atoms with Crippen molar-refractivity contribution in [3.8, 4) is 5.95 Å². The molecule has 5 heteroatoms. The van der Waals surface area contributed by atoms with Gasteiger partial charge in [0.1, 0.15) is 0 Å². The minimum atomic E-state index is -0.0533. The van der Waals surface area contributed by atoms with Gasteiger partial charge in [0.05, 0.1) is 11.6 Å². The van der Waals surface area contributed by atoms with Gasteiger partial charge in [-0.3, -0.25) is 0 Å². The SMILES string of the molecule is Cc1c(C(C)Cl)cnn1-c1ncccn1. The summed E-state index contributed by atoms with van der Waals surface area (Å²) in [6, 6.07) is 1.77. The van der Waals surface area contributed by atoms with Gasteiger partial charge < -0.3 is 0 Å². The van der Waals surface area contributed by atoms with E-state index in [2.05, 4.69) is 15.1 Å². The van der Waals surface area contributed by atoms with Crippen molar-refractivity contribution < 1.29 is 0 Å². The Kier molecular flexibility index (Phi) is 2.68. The standard InChI is InChI=1S/C10H11ClN4/c1-7(11)9-6-14-15(8(9)2)10-12-4-3-5-13-10/h3-7H,1-2H3. The zero-order valence-electron chi connectivity index (χ0n) is 8.55. The average Bonchev–Trinajstić information content (AvgIpc) is 2.61. The van der Waals surface area contributed by atoms with Crippen LogP contribution >= 0.6 is 11.6 Å². The molecule has 0 aliphatic heterocycles. The summed E-state index contributed by atoms with van der Waals surface area (Å²) in [4.78, 5) is 8.26. The van der Waals surface area contributed by atoms with E-state index in [4.69, 9.17) is 11.6 Å². The lowest BCUT2D eigenvalue weighted by Crippen LogP contribution is -2.04. The van der Waals surface area contributed by atoms with Gasteiger partial charge in [0, 0.05) is 23.7 Å². The highest BCUT2D eigenvalue weighted by Crippen LogP contribution is 2.23. The predicted octanol–water partition coefficient (Wildman–Crippen LogP) is 2.27. The maximum absolute atomic E-state index is 6.02. The molecule has 0 bridgehead atoms. The second kappa shape index (κ2) is 3.98. The molecule has 0 fully saturated rings. The van der Waals surface area contributed by atoms with E-state index in [0.717, 1.165) is 11.3 Å². The molecular formula is C10H11ClN4. The van der Waals surface area contributed by atoms with Gasteiger partial charge in [-0.15, -0.1) is 11.6 Å². The van der Waals surface area contributed by atoms with Gasteiger partial charge in [-0.05, 0) is 19.9 Å². The van der Waals surface area contributed by atoms with E-state index in [-0.39, 0.29) is 5.38 Å². The van der Waals surface area contributed by atoms with Gasteiger partial charge in [-0.1, -0.05) is 0 Å². The molecule has 0 spiro atoms. The van der Waals surface area contributed by atoms with Crippen LogP contribution in [0.25, 0.3) is 5.95 Å². The van der Waals surface area contributed by atoms with Crippen molar-refractivity contribution in [3.05, 3.63) is 35.9 Å². The van der Waals surface area contributed by atoms with Crippen LogP contribution in [0.5, 0.6) is 0 Å². The fourth-order valence-corrected chi connectivity index (χ4v) is 1.63. The number of hydrogen-bond donors (Lipinski definition) is 0. The molecule has 0 saturated heterocycles. The van der Waals surface area contributed by atoms with Crippen LogP contribution in [0.3, 0.4) is 0 Å². The van der Waals surface area contributed by atoms with E-state index in [0.29, 0.717) is 5.95 Å². The third kappa shape index (κ3) is 1.85. The van der Waals surface area contributed by atoms with Crippen LogP contribution in [-0.2, 0) is 0 Å². The van der Waals surface area contributed by atoms with E-state index >= 15 is 0 Å². The molecule has 4 nitrogen and oxygen atoms in total. The highest BCUT2D eigenvalue weighted by Gasteiger charge is 2.12. The van der Waals surface area contributed by atoms with Crippen LogP contribution < -0.4 is 0 Å². The number of alkyl halides is 1. The number of rotatable bonds is 2. The molecule has 0 aromatic carbocycles. The van der Waals surface area contributed by atoms with E-state index in [1.165, 1.54) is 0 Å². The van der Waals surface area contributed by atoms with Gasteiger partial charge in [-0.2, -0.15) is 5.10 Å². The lowest BCUT2D eigenvalue weighted by molar-refractivity contribution is 0.780. The smallest absolute Gasteiger partial charge is 0.220 e. The van der Waals surface area contributed by atoms with Gasteiger partial charge in [0.25, 0.3) is 5.95 Å². The van der Waals surface area contributed by atoms with Crippen molar-refractivity contribution in [3.63, 3.8) is 0 Å². The Bertz CT molecular complexity index is 450. The van der Waals surface area contributed by atoms with Crippen molar-refractivity contribution in [1.82, 2.24) is 19.7 Å². The van der Waals surface area contributed by atoms with E-state index in [1.807, 2.05) is 13.8 Å². The van der Waals surface area contributed by atoms with Crippen LogP contribution in [0.1, 0.15) is 23.6 Å². The monoisotopic (exact) mass is 222 g/mol. The first kappa shape index (κ1) is 10.1. The Morgan fingerprint density at radius 1 is 1.33 bits per heavy atom. The molecule has 1 atom stereocenters. The first-order chi connectivity index (χ1) is 7.20. The Morgan fingerprint density at radius 2 is 2.00 bits per heavy atom. The van der Waals surface area contributed by atoms with E-state index in [1.54, 1.807) is 29.3 Å². The molecule has 2 aromatic rings. The normalized spacial score (nSPS) is 12.7. The summed E-state index contributed by atoms with van der Waals surface area (Å²) in [5, 5.41) is 4.16. The van der Waals surface area contributed by atoms with Crippen molar-refractivity contribution in [2.75, 3.05) is 0 Å². The van der Waals surface area contributed by atoms with E-state index < -0.39 is 0 Å². The minimum Gasteiger partial charge on any atom is -0.220 e. The average molecular weight is 223 g/mol. The summed E-state index contributed by atoms with van der Waals surface area (Å²) in [7, 11) is 0. The first-order valence-electron chi connectivity index (χ1n) is 4.66. The molecule has 15 heavy (non-hydrogen) atoms. The Labute approximate surface area is 92.9 Å². The van der Waals surface area contributed by atoms with Gasteiger partial charge in [-0.25, -0.2) is 14.6 Å². The third-order valence-electron chi connectivity index (χ3n) is 2.22. The Hall–Kier alpha value is -1.42. The summed E-state index contributed by atoms with van der Waals surface area (Å²) < 4.78 is 1.69. The molecule has 0 aliphatic carbocycles. The molecule has 2 aromatic heterocycles. The summed E-state index contributed by atoms with van der Waals surface area (Å²) in [5.74, 6) is 0.568. The van der Waals surface area contributed by atoms with Crippen LogP contribution in [0.2, 0.25) is 0 Å². The zero-order valence-corrected chi connectivity index (χ0v) is 9.31. The molecule has 1 unspecified atom stereocenters. The largest absolute Gasteiger partial charge is 0.250 e. The second-order valence-electron chi connectivity index (χ2n) is 3.26. The Morgan fingerprint density at radius 3 is 2.53 bits per heavy atom. The molecule has 2 rings (SSSR count). The molecular weight excluding hydrogens is 212 g/mol. The predicted molar refractivity (Wildman–Crippen MR) is 58.2 cm³/mol. The van der Waals surface area contributed by atoms with Crippen LogP contribution in [-0.4, -0.2) is 19.7 Å². The lowest BCUT2D eigenvalue weighted by atomic mass is 10.2. The molecule has 0 radical (unpaired) electrons. The van der Waals surface area contributed by atoms with Crippen LogP contribution in [0.4, 0.5) is 0 Å². The summed E-state index contributed by atoms with van der Waals surface area (Å²) in [5.41, 5.74) is 1.98. The third-order valence-corrected chi connectivity index (χ3v) is 2.45. The van der Waals surface area contributed by atoms with Crippen LogP contribution in [0, 0.1) is 6.92 Å². The summed E-state index contributed by atoms with van der Waals surface area (Å²) in [6.07, 6.45) is 5.13.